The van der Waals surface area contributed by atoms with Gasteiger partial charge < -0.3 is 0 Å². The third kappa shape index (κ3) is 1.81. The molecule has 0 spiro atoms. The normalized spacial score (nSPS) is 9.18. The minimum atomic E-state index is 0.703. The molecule has 56 valence electrons. The summed E-state index contributed by atoms with van der Waals surface area (Å²) in [6.45, 7) is 2.09. The van der Waals surface area contributed by atoms with Crippen LogP contribution in [0, 0.1) is 11.3 Å². The van der Waals surface area contributed by atoms with Crippen LogP contribution < -0.4 is 0 Å². The molecule has 0 radical (unpaired) electrons. The van der Waals surface area contributed by atoms with E-state index in [1.807, 2.05) is 18.2 Å². The highest BCUT2D eigenvalue weighted by Crippen LogP contribution is 2.18. The summed E-state index contributed by atoms with van der Waals surface area (Å²) < 4.78 is 1.03. The molecule has 0 aromatic heterocycles. The topological polar surface area (TPSA) is 23.8 Å². The predicted octanol–water partition coefficient (Wildman–Crippen LogP) is 2.88. The molecule has 1 aromatic carbocycles. The molecule has 0 saturated heterocycles. The van der Waals surface area contributed by atoms with Gasteiger partial charge in [-0.15, -0.1) is 0 Å². The monoisotopic (exact) mass is 209 g/mol. The average Bonchev–Trinajstić information content (AvgIpc) is 2.04. The van der Waals surface area contributed by atoms with Crippen molar-refractivity contribution in [2.24, 2.45) is 0 Å². The molecule has 0 N–H and O–H groups in total. The van der Waals surface area contributed by atoms with Crippen molar-refractivity contribution in [1.82, 2.24) is 0 Å². The van der Waals surface area contributed by atoms with Crippen molar-refractivity contribution in [3.63, 3.8) is 0 Å². The Bertz CT molecular complexity index is 299. The van der Waals surface area contributed by atoms with Crippen molar-refractivity contribution < 1.29 is 0 Å². The molecular weight excluding hydrogens is 202 g/mol. The van der Waals surface area contributed by atoms with Gasteiger partial charge in [0, 0.05) is 4.47 Å². The molecule has 1 aromatic rings. The summed E-state index contributed by atoms with van der Waals surface area (Å²) in [7, 11) is 0. The highest BCUT2D eigenvalue weighted by molar-refractivity contribution is 9.10. The molecule has 1 nitrogen and oxygen atoms in total. The summed E-state index contributed by atoms with van der Waals surface area (Å²) in [5.41, 5.74) is 1.94. The molecule has 0 heterocycles. The second-order valence-corrected chi connectivity index (χ2v) is 3.13. The van der Waals surface area contributed by atoms with Gasteiger partial charge in [-0.25, -0.2) is 0 Å². The fraction of sp³-hybridized carbons (Fsp3) is 0.222. The second-order valence-electron chi connectivity index (χ2n) is 2.27. The van der Waals surface area contributed by atoms with Crippen LogP contribution >= 0.6 is 15.9 Å². The molecule has 2 heteroatoms. The molecular formula is C9H8BrN. The van der Waals surface area contributed by atoms with E-state index >= 15 is 0 Å². The van der Waals surface area contributed by atoms with Crippen molar-refractivity contribution >= 4 is 15.9 Å². The molecule has 0 bridgehead atoms. The fourth-order valence-corrected chi connectivity index (χ4v) is 1.56. The Morgan fingerprint density at radius 2 is 2.27 bits per heavy atom. The highest BCUT2D eigenvalue weighted by Gasteiger charge is 1.97. The van der Waals surface area contributed by atoms with E-state index in [1.165, 1.54) is 5.56 Å². The number of rotatable bonds is 1. The van der Waals surface area contributed by atoms with Gasteiger partial charge in [0.2, 0.25) is 0 Å². The maximum absolute atomic E-state index is 8.55. The predicted molar refractivity (Wildman–Crippen MR) is 48.2 cm³/mol. The summed E-state index contributed by atoms with van der Waals surface area (Å²) in [6, 6.07) is 7.75. The van der Waals surface area contributed by atoms with E-state index in [2.05, 4.69) is 28.9 Å². The first-order valence-electron chi connectivity index (χ1n) is 3.46. The average molecular weight is 210 g/mol. The summed E-state index contributed by atoms with van der Waals surface area (Å²) in [5, 5.41) is 8.55. The lowest BCUT2D eigenvalue weighted by Gasteiger charge is -1.99. The van der Waals surface area contributed by atoms with E-state index in [1.54, 1.807) is 0 Å². The van der Waals surface area contributed by atoms with Crippen molar-refractivity contribution in [2.45, 2.75) is 13.3 Å². The van der Waals surface area contributed by atoms with Crippen molar-refractivity contribution in [3.8, 4) is 6.07 Å². The fourth-order valence-electron chi connectivity index (χ4n) is 0.904. The van der Waals surface area contributed by atoms with Gasteiger partial charge in [0.15, 0.2) is 0 Å². The largest absolute Gasteiger partial charge is 0.192 e. The van der Waals surface area contributed by atoms with E-state index in [9.17, 15) is 0 Å². The third-order valence-electron chi connectivity index (χ3n) is 1.56. The highest BCUT2D eigenvalue weighted by atomic mass is 79.9. The van der Waals surface area contributed by atoms with Crippen LogP contribution in [0.4, 0.5) is 0 Å². The number of halogens is 1. The van der Waals surface area contributed by atoms with E-state index < -0.39 is 0 Å². The number of benzene rings is 1. The van der Waals surface area contributed by atoms with Crippen LogP contribution in [0.15, 0.2) is 22.7 Å². The van der Waals surface area contributed by atoms with Crippen molar-refractivity contribution in [3.05, 3.63) is 33.8 Å². The van der Waals surface area contributed by atoms with Gasteiger partial charge in [0.05, 0.1) is 11.6 Å². The Kier molecular flexibility index (Phi) is 2.67. The number of hydrogen-bond donors (Lipinski definition) is 0. The molecule has 11 heavy (non-hydrogen) atoms. The summed E-state index contributed by atoms with van der Waals surface area (Å²) in [6.07, 6.45) is 0.992. The lowest BCUT2D eigenvalue weighted by molar-refractivity contribution is 1.13. The summed E-state index contributed by atoms with van der Waals surface area (Å²) in [5.74, 6) is 0. The van der Waals surface area contributed by atoms with Gasteiger partial charge >= 0.3 is 0 Å². The molecule has 0 unspecified atom stereocenters. The number of hydrogen-bond acceptors (Lipinski definition) is 1. The molecule has 0 amide bonds. The minimum Gasteiger partial charge on any atom is -0.192 e. The van der Waals surface area contributed by atoms with Crippen LogP contribution in [0.2, 0.25) is 0 Å². The van der Waals surface area contributed by atoms with Crippen LogP contribution in [0.1, 0.15) is 18.1 Å². The van der Waals surface area contributed by atoms with Crippen LogP contribution in [0.25, 0.3) is 0 Å². The van der Waals surface area contributed by atoms with E-state index in [4.69, 9.17) is 5.26 Å². The number of nitrogens with zero attached hydrogens (tertiary/aromatic N) is 1. The Morgan fingerprint density at radius 3 is 2.73 bits per heavy atom. The van der Waals surface area contributed by atoms with E-state index in [0.29, 0.717) is 5.56 Å². The Labute approximate surface area is 74.8 Å². The Balaban J connectivity index is 3.12. The van der Waals surface area contributed by atoms with E-state index in [0.717, 1.165) is 10.9 Å². The van der Waals surface area contributed by atoms with Crippen LogP contribution in [-0.2, 0) is 6.42 Å². The quantitative estimate of drug-likeness (QED) is 0.699. The Hall–Kier alpha value is -0.810. The molecule has 0 aliphatic rings. The second kappa shape index (κ2) is 3.54. The minimum absolute atomic E-state index is 0.703. The lowest BCUT2D eigenvalue weighted by Crippen LogP contribution is -1.83. The summed E-state index contributed by atoms with van der Waals surface area (Å²) >= 11 is 3.40. The standard InChI is InChI=1S/C9H8BrN/c1-2-8-4-3-7(6-11)5-9(8)10/h3-5H,2H2,1H3. The third-order valence-corrected chi connectivity index (χ3v) is 2.30. The molecule has 0 saturated carbocycles. The van der Waals surface area contributed by atoms with Gasteiger partial charge in [-0.2, -0.15) is 5.26 Å². The van der Waals surface area contributed by atoms with Gasteiger partial charge in [-0.1, -0.05) is 28.9 Å². The first-order chi connectivity index (χ1) is 5.27. The van der Waals surface area contributed by atoms with E-state index in [-0.39, 0.29) is 0 Å². The molecule has 0 atom stereocenters. The number of nitriles is 1. The first kappa shape index (κ1) is 8.29. The molecule has 0 aliphatic carbocycles. The van der Waals surface area contributed by atoms with Crippen LogP contribution in [0.3, 0.4) is 0 Å². The van der Waals surface area contributed by atoms with Gasteiger partial charge in [0.1, 0.15) is 0 Å². The molecule has 0 fully saturated rings. The molecule has 0 aliphatic heterocycles. The maximum atomic E-state index is 8.55. The zero-order chi connectivity index (χ0) is 8.27. The van der Waals surface area contributed by atoms with Crippen LogP contribution in [-0.4, -0.2) is 0 Å². The molecule has 1 rings (SSSR count). The van der Waals surface area contributed by atoms with Crippen molar-refractivity contribution in [1.29, 1.82) is 5.26 Å². The van der Waals surface area contributed by atoms with Gasteiger partial charge in [0.25, 0.3) is 0 Å². The lowest BCUT2D eigenvalue weighted by atomic mass is 10.1. The van der Waals surface area contributed by atoms with Crippen LogP contribution in [0.5, 0.6) is 0 Å². The maximum Gasteiger partial charge on any atom is 0.0992 e. The van der Waals surface area contributed by atoms with Crippen molar-refractivity contribution in [2.75, 3.05) is 0 Å². The smallest absolute Gasteiger partial charge is 0.0992 e. The SMILES string of the molecule is CCc1ccc(C#N)cc1Br. The van der Waals surface area contributed by atoms with Gasteiger partial charge in [-0.3, -0.25) is 0 Å². The number of aryl methyl sites for hydroxylation is 1. The summed E-state index contributed by atoms with van der Waals surface area (Å²) in [4.78, 5) is 0. The Morgan fingerprint density at radius 1 is 1.55 bits per heavy atom. The van der Waals surface area contributed by atoms with Gasteiger partial charge in [-0.05, 0) is 24.1 Å². The zero-order valence-corrected chi connectivity index (χ0v) is 7.85. The first-order valence-corrected chi connectivity index (χ1v) is 4.25. The zero-order valence-electron chi connectivity index (χ0n) is 6.26.